The van der Waals surface area contributed by atoms with E-state index in [1.54, 1.807) is 18.4 Å². The molecule has 0 fully saturated rings. The number of phenols is 5. The van der Waals surface area contributed by atoms with Gasteiger partial charge in [-0.15, -0.1) is 0 Å². The van der Waals surface area contributed by atoms with Crippen LogP contribution in [0.3, 0.4) is 0 Å². The third kappa shape index (κ3) is 3.52. The van der Waals surface area contributed by atoms with Crippen LogP contribution in [-0.4, -0.2) is 50.4 Å². The summed E-state index contributed by atoms with van der Waals surface area (Å²) in [6, 6.07) is 2.01. The number of aromatic nitrogens is 2. The number of fused-ring (bicyclic) bond motifs is 4. The van der Waals surface area contributed by atoms with Gasteiger partial charge in [-0.2, -0.15) is 0 Å². The van der Waals surface area contributed by atoms with Gasteiger partial charge in [0.2, 0.25) is 0 Å². The summed E-state index contributed by atoms with van der Waals surface area (Å²) in [5.74, 6) is -0.803. The Kier molecular flexibility index (Phi) is 6.09. The number of allylic oxidation sites excluding steroid dienone is 1. The molecule has 3 aromatic carbocycles. The van der Waals surface area contributed by atoms with Crippen LogP contribution in [0.2, 0.25) is 0 Å². The summed E-state index contributed by atoms with van der Waals surface area (Å²) in [4.78, 5) is 0. The van der Waals surface area contributed by atoms with Gasteiger partial charge >= 0.3 is 0 Å². The van der Waals surface area contributed by atoms with Crippen molar-refractivity contribution in [3.05, 3.63) is 45.7 Å². The van der Waals surface area contributed by atoms with Crippen LogP contribution in [0.25, 0.3) is 38.8 Å². The molecule has 0 bridgehead atoms. The van der Waals surface area contributed by atoms with Crippen molar-refractivity contribution in [3.8, 4) is 28.7 Å². The molecule has 0 aliphatic rings. The first-order valence-corrected chi connectivity index (χ1v) is 12.7. The monoisotopic (exact) mass is 520 g/mol. The van der Waals surface area contributed by atoms with Gasteiger partial charge in [0.15, 0.2) is 11.5 Å². The van der Waals surface area contributed by atoms with E-state index in [4.69, 9.17) is 15.7 Å². The standard InChI is InChI=1S/C30H30B2N2O5/c1-12-18-11-17(33(6)23(18)14(3)22(32)28(12)37)9-7-8-10-34-24-19(13(2)26(35)15(4)21(24)31)20-25(34)30(39)29(38)16(5)27(20)36/h7,9,11,35-39H,8,10H2,1-6H3/b9-7-. The summed E-state index contributed by atoms with van der Waals surface area (Å²) < 4.78 is 3.81. The summed E-state index contributed by atoms with van der Waals surface area (Å²) in [5, 5.41) is 55.4. The fraction of sp³-hybridized carbons (Fsp3) is 0.267. The Morgan fingerprint density at radius 2 is 1.33 bits per heavy atom. The fourth-order valence-electron chi connectivity index (χ4n) is 5.82. The lowest BCUT2D eigenvalue weighted by Crippen LogP contribution is -2.14. The van der Waals surface area contributed by atoms with Crippen LogP contribution in [0.1, 0.15) is 39.9 Å². The zero-order valence-electron chi connectivity index (χ0n) is 22.9. The number of benzene rings is 3. The molecule has 5 aromatic rings. The van der Waals surface area contributed by atoms with Crippen LogP contribution < -0.4 is 10.9 Å². The van der Waals surface area contributed by atoms with Gasteiger partial charge in [0.05, 0.1) is 16.4 Å². The number of nitrogens with zero attached hydrogens (tertiary/aromatic N) is 2. The molecule has 0 unspecified atom stereocenters. The Bertz CT molecular complexity index is 1820. The molecule has 0 amide bonds. The summed E-state index contributed by atoms with van der Waals surface area (Å²) in [6.07, 6.45) is 4.49. The highest BCUT2D eigenvalue weighted by Crippen LogP contribution is 2.49. The smallest absolute Gasteiger partial charge is 0.182 e. The minimum atomic E-state index is -0.402. The molecular formula is C30H30B2N2O5. The average Bonchev–Trinajstić information content (AvgIpc) is 3.43. The minimum absolute atomic E-state index is 0.0246. The van der Waals surface area contributed by atoms with Gasteiger partial charge in [0, 0.05) is 46.7 Å². The number of phenolic OH excluding ortho intramolecular Hbond substituents is 5. The van der Waals surface area contributed by atoms with E-state index in [0.717, 1.165) is 27.7 Å². The molecule has 0 saturated carbocycles. The van der Waals surface area contributed by atoms with Gasteiger partial charge < -0.3 is 34.7 Å². The maximum absolute atomic E-state index is 11.0. The van der Waals surface area contributed by atoms with Crippen molar-refractivity contribution in [3.63, 3.8) is 0 Å². The van der Waals surface area contributed by atoms with E-state index in [0.29, 0.717) is 51.3 Å². The van der Waals surface area contributed by atoms with Crippen molar-refractivity contribution in [2.45, 2.75) is 47.6 Å². The van der Waals surface area contributed by atoms with Gasteiger partial charge in [0.25, 0.3) is 0 Å². The van der Waals surface area contributed by atoms with E-state index in [9.17, 15) is 25.5 Å². The normalized spacial score (nSPS) is 12.2. The molecule has 0 atom stereocenters. The van der Waals surface area contributed by atoms with Crippen LogP contribution in [0.5, 0.6) is 28.7 Å². The zero-order chi connectivity index (χ0) is 28.7. The van der Waals surface area contributed by atoms with E-state index >= 15 is 0 Å². The zero-order valence-corrected chi connectivity index (χ0v) is 22.9. The van der Waals surface area contributed by atoms with Gasteiger partial charge in [-0.25, -0.2) is 0 Å². The molecule has 2 aromatic heterocycles. The molecule has 4 radical (unpaired) electrons. The molecule has 0 spiro atoms. The molecule has 5 N–H and O–H groups in total. The number of hydrogen-bond acceptors (Lipinski definition) is 5. The van der Waals surface area contributed by atoms with E-state index in [-0.39, 0.29) is 34.1 Å². The van der Waals surface area contributed by atoms with E-state index in [1.165, 1.54) is 6.92 Å². The topological polar surface area (TPSA) is 111 Å². The Hall–Kier alpha value is -4.13. The number of hydrogen-bond donors (Lipinski definition) is 5. The molecule has 5 rings (SSSR count). The maximum atomic E-state index is 11.0. The van der Waals surface area contributed by atoms with Crippen LogP contribution >= 0.6 is 0 Å². The second-order valence-corrected chi connectivity index (χ2v) is 10.4. The van der Waals surface area contributed by atoms with Gasteiger partial charge in [-0.3, -0.25) is 0 Å². The third-order valence-corrected chi connectivity index (χ3v) is 8.26. The third-order valence-electron chi connectivity index (χ3n) is 8.26. The van der Waals surface area contributed by atoms with Crippen LogP contribution in [0.15, 0.2) is 12.1 Å². The van der Waals surface area contributed by atoms with Gasteiger partial charge in [-0.05, 0) is 69.9 Å². The van der Waals surface area contributed by atoms with Crippen LogP contribution in [-0.2, 0) is 13.6 Å². The first-order valence-electron chi connectivity index (χ1n) is 12.7. The first-order chi connectivity index (χ1) is 18.3. The van der Waals surface area contributed by atoms with Gasteiger partial charge in [-0.1, -0.05) is 17.0 Å². The Morgan fingerprint density at radius 3 is 2.00 bits per heavy atom. The molecule has 9 heteroatoms. The second kappa shape index (κ2) is 8.97. The molecule has 7 nitrogen and oxygen atoms in total. The predicted molar refractivity (Wildman–Crippen MR) is 159 cm³/mol. The Labute approximate surface area is 229 Å². The molecule has 39 heavy (non-hydrogen) atoms. The summed E-state index contributed by atoms with van der Waals surface area (Å²) in [7, 11) is 14.5. The molecule has 0 saturated heterocycles. The SMILES string of the molecule is [B]c1c(O)c(C)c2cc(/C=C\CCn3c4c([B])c(C)c(O)c(C)c4c4c(O)c(C)c(O)c(O)c43)n(C)c2c1C. The van der Waals surface area contributed by atoms with Crippen molar-refractivity contribution in [1.82, 2.24) is 9.13 Å². The lowest BCUT2D eigenvalue weighted by atomic mass is 9.86. The highest BCUT2D eigenvalue weighted by Gasteiger charge is 2.26. The summed E-state index contributed by atoms with van der Waals surface area (Å²) >= 11 is 0. The largest absolute Gasteiger partial charge is 0.508 e. The van der Waals surface area contributed by atoms with Crippen LogP contribution in [0.4, 0.5) is 0 Å². The number of aromatic hydroxyl groups is 5. The molecule has 0 aliphatic carbocycles. The highest BCUT2D eigenvalue weighted by atomic mass is 16.3. The molecule has 2 heterocycles. The number of rotatable bonds is 4. The van der Waals surface area contributed by atoms with E-state index < -0.39 is 5.75 Å². The maximum Gasteiger partial charge on any atom is 0.182 e. The van der Waals surface area contributed by atoms with Crippen LogP contribution in [0, 0.1) is 34.6 Å². The average molecular weight is 520 g/mol. The van der Waals surface area contributed by atoms with E-state index in [1.807, 2.05) is 43.7 Å². The molecule has 196 valence electrons. The Morgan fingerprint density at radius 1 is 0.667 bits per heavy atom. The Balaban J connectivity index is 1.64. The molecular weight excluding hydrogens is 490 g/mol. The van der Waals surface area contributed by atoms with Gasteiger partial charge in [0.1, 0.15) is 32.9 Å². The quantitative estimate of drug-likeness (QED) is 0.140. The van der Waals surface area contributed by atoms with Crippen molar-refractivity contribution >= 4 is 65.4 Å². The summed E-state index contributed by atoms with van der Waals surface area (Å²) in [6.45, 7) is 9.07. The summed E-state index contributed by atoms with van der Waals surface area (Å²) in [5.41, 5.74) is 6.12. The lowest BCUT2D eigenvalue weighted by molar-refractivity contribution is 0.396. The van der Waals surface area contributed by atoms with E-state index in [2.05, 4.69) is 0 Å². The van der Waals surface area contributed by atoms with Crippen molar-refractivity contribution < 1.29 is 25.5 Å². The number of aryl methyl sites for hydroxylation is 5. The second-order valence-electron chi connectivity index (χ2n) is 10.4. The fourth-order valence-corrected chi connectivity index (χ4v) is 5.82. The van der Waals surface area contributed by atoms with Crippen molar-refractivity contribution in [2.24, 2.45) is 7.05 Å². The molecule has 0 aliphatic heterocycles. The first kappa shape index (κ1) is 26.5. The minimum Gasteiger partial charge on any atom is -0.508 e. The highest BCUT2D eigenvalue weighted by molar-refractivity contribution is 6.42. The van der Waals surface area contributed by atoms with Crippen molar-refractivity contribution in [1.29, 1.82) is 0 Å². The van der Waals surface area contributed by atoms with Crippen molar-refractivity contribution in [2.75, 3.05) is 0 Å². The predicted octanol–water partition coefficient (Wildman–Crippen LogP) is 4.05. The lowest BCUT2D eigenvalue weighted by Gasteiger charge is -2.14.